The van der Waals surface area contributed by atoms with E-state index < -0.39 is 0 Å². The summed E-state index contributed by atoms with van der Waals surface area (Å²) in [6.07, 6.45) is 0. The third-order valence-corrected chi connectivity index (χ3v) is 6.83. The summed E-state index contributed by atoms with van der Waals surface area (Å²) in [4.78, 5) is 13.2. The van der Waals surface area contributed by atoms with E-state index in [1.165, 1.54) is 21.7 Å². The third-order valence-electron chi connectivity index (χ3n) is 4.46. The number of benzene rings is 1. The SMILES string of the molecule is Cc1nn(Cc2ccccc2)c(C)c1[C@H]1SCC(=O)Nc2ccsc21. The first-order chi connectivity index (χ1) is 12.1. The first kappa shape index (κ1) is 16.4. The number of hydrogen-bond acceptors (Lipinski definition) is 4. The van der Waals surface area contributed by atoms with Gasteiger partial charge in [0.1, 0.15) is 0 Å². The van der Waals surface area contributed by atoms with Crippen LogP contribution in [0.25, 0.3) is 0 Å². The van der Waals surface area contributed by atoms with Crippen LogP contribution in [-0.2, 0) is 11.3 Å². The van der Waals surface area contributed by atoms with Gasteiger partial charge in [0.15, 0.2) is 0 Å². The maximum Gasteiger partial charge on any atom is 0.234 e. The summed E-state index contributed by atoms with van der Waals surface area (Å²) in [6, 6.07) is 12.4. The number of carbonyl (C=O) groups excluding carboxylic acids is 1. The molecule has 0 fully saturated rings. The fourth-order valence-electron chi connectivity index (χ4n) is 3.26. The van der Waals surface area contributed by atoms with Crippen LogP contribution in [0.4, 0.5) is 5.69 Å². The number of fused-ring (bicyclic) bond motifs is 1. The van der Waals surface area contributed by atoms with Crippen LogP contribution in [0.1, 0.15) is 32.6 Å². The van der Waals surface area contributed by atoms with Gasteiger partial charge in [-0.1, -0.05) is 30.3 Å². The second-order valence-electron chi connectivity index (χ2n) is 6.17. The number of rotatable bonds is 3. The Bertz CT molecular complexity index is 914. The Morgan fingerprint density at radius 3 is 2.84 bits per heavy atom. The Morgan fingerprint density at radius 1 is 1.24 bits per heavy atom. The highest BCUT2D eigenvalue weighted by Gasteiger charge is 2.29. The molecule has 0 unspecified atom stereocenters. The standard InChI is InChI=1S/C19H19N3OS2/c1-12-17(13(2)22(21-12)10-14-6-4-3-5-7-14)19-18-15(8-9-24-18)20-16(23)11-25-19/h3-9,19H,10-11H2,1-2H3,(H,20,23)/t19-/m1/s1. The highest BCUT2D eigenvalue weighted by molar-refractivity contribution is 8.00. The van der Waals surface area contributed by atoms with Gasteiger partial charge in [-0.3, -0.25) is 9.48 Å². The monoisotopic (exact) mass is 369 g/mol. The molecule has 1 aliphatic heterocycles. The number of hydrogen-bond donors (Lipinski definition) is 1. The minimum absolute atomic E-state index is 0.0686. The zero-order chi connectivity index (χ0) is 17.4. The Labute approximate surface area is 155 Å². The van der Waals surface area contributed by atoms with E-state index in [0.29, 0.717) is 5.75 Å². The number of carbonyl (C=O) groups is 1. The average molecular weight is 370 g/mol. The van der Waals surface area contributed by atoms with Crippen molar-refractivity contribution >= 4 is 34.7 Å². The zero-order valence-electron chi connectivity index (χ0n) is 14.2. The first-order valence-corrected chi connectivity index (χ1v) is 10.1. The summed E-state index contributed by atoms with van der Waals surface area (Å²) in [6.45, 7) is 4.96. The summed E-state index contributed by atoms with van der Waals surface area (Å²) in [7, 11) is 0. The lowest BCUT2D eigenvalue weighted by Crippen LogP contribution is -2.11. The van der Waals surface area contributed by atoms with E-state index in [1.54, 1.807) is 23.1 Å². The van der Waals surface area contributed by atoms with Crippen molar-refractivity contribution in [2.45, 2.75) is 25.6 Å². The number of anilines is 1. The molecule has 1 N–H and O–H groups in total. The van der Waals surface area contributed by atoms with Crippen LogP contribution < -0.4 is 5.32 Å². The van der Waals surface area contributed by atoms with Crippen molar-refractivity contribution in [2.75, 3.05) is 11.1 Å². The molecule has 0 radical (unpaired) electrons. The molecule has 3 aromatic rings. The Hall–Kier alpha value is -2.05. The summed E-state index contributed by atoms with van der Waals surface area (Å²) >= 11 is 3.39. The van der Waals surface area contributed by atoms with E-state index >= 15 is 0 Å². The van der Waals surface area contributed by atoms with E-state index in [0.717, 1.165) is 17.9 Å². The van der Waals surface area contributed by atoms with Gasteiger partial charge < -0.3 is 5.32 Å². The largest absolute Gasteiger partial charge is 0.324 e. The van der Waals surface area contributed by atoms with Crippen LogP contribution in [0.5, 0.6) is 0 Å². The molecule has 128 valence electrons. The quantitative estimate of drug-likeness (QED) is 0.745. The molecule has 0 aliphatic carbocycles. The number of aryl methyl sites for hydroxylation is 1. The van der Waals surface area contributed by atoms with Gasteiger partial charge in [-0.15, -0.1) is 23.1 Å². The van der Waals surface area contributed by atoms with E-state index in [9.17, 15) is 4.79 Å². The number of thiophene rings is 1. The predicted octanol–water partition coefficient (Wildman–Crippen LogP) is 4.38. The van der Waals surface area contributed by atoms with Gasteiger partial charge in [-0.2, -0.15) is 5.10 Å². The molecular weight excluding hydrogens is 350 g/mol. The second kappa shape index (κ2) is 6.69. The molecule has 0 spiro atoms. The van der Waals surface area contributed by atoms with Gasteiger partial charge in [-0.05, 0) is 30.9 Å². The normalized spacial score (nSPS) is 17.0. The molecule has 6 heteroatoms. The summed E-state index contributed by atoms with van der Waals surface area (Å²) < 4.78 is 2.08. The van der Waals surface area contributed by atoms with Gasteiger partial charge in [-0.25, -0.2) is 0 Å². The molecule has 0 saturated carbocycles. The van der Waals surface area contributed by atoms with E-state index in [2.05, 4.69) is 48.1 Å². The van der Waals surface area contributed by atoms with Crippen molar-refractivity contribution in [3.63, 3.8) is 0 Å². The van der Waals surface area contributed by atoms with Crippen molar-refractivity contribution in [3.05, 3.63) is 69.2 Å². The number of thioether (sulfide) groups is 1. The minimum Gasteiger partial charge on any atom is -0.324 e. The fraction of sp³-hybridized carbons (Fsp3) is 0.263. The van der Waals surface area contributed by atoms with Crippen LogP contribution in [0.3, 0.4) is 0 Å². The maximum absolute atomic E-state index is 12.0. The zero-order valence-corrected chi connectivity index (χ0v) is 15.8. The predicted molar refractivity (Wildman–Crippen MR) is 104 cm³/mol. The lowest BCUT2D eigenvalue weighted by atomic mass is 10.1. The lowest BCUT2D eigenvalue weighted by Gasteiger charge is -2.15. The van der Waals surface area contributed by atoms with Crippen molar-refractivity contribution in [2.24, 2.45) is 0 Å². The van der Waals surface area contributed by atoms with Crippen molar-refractivity contribution in [1.82, 2.24) is 9.78 Å². The molecule has 0 saturated heterocycles. The topological polar surface area (TPSA) is 46.9 Å². The molecule has 1 aromatic carbocycles. The fourth-order valence-corrected chi connectivity index (χ4v) is 5.65. The van der Waals surface area contributed by atoms with Gasteiger partial charge in [0.25, 0.3) is 0 Å². The van der Waals surface area contributed by atoms with Crippen molar-refractivity contribution in [3.8, 4) is 0 Å². The summed E-state index contributed by atoms with van der Waals surface area (Å²) in [5.74, 6) is 0.536. The molecular formula is C19H19N3OS2. The Balaban J connectivity index is 1.73. The second-order valence-corrected chi connectivity index (χ2v) is 8.21. The van der Waals surface area contributed by atoms with E-state index in [-0.39, 0.29) is 11.2 Å². The van der Waals surface area contributed by atoms with Gasteiger partial charge in [0.2, 0.25) is 5.91 Å². The van der Waals surface area contributed by atoms with Gasteiger partial charge in [0, 0.05) is 16.1 Å². The van der Waals surface area contributed by atoms with Crippen molar-refractivity contribution < 1.29 is 4.79 Å². The molecule has 2 aromatic heterocycles. The summed E-state index contributed by atoms with van der Waals surface area (Å²) in [5.41, 5.74) is 5.63. The van der Waals surface area contributed by atoms with Crippen LogP contribution in [0.2, 0.25) is 0 Å². The number of aromatic nitrogens is 2. The number of nitrogens with one attached hydrogen (secondary N) is 1. The molecule has 25 heavy (non-hydrogen) atoms. The average Bonchev–Trinajstić information content (AvgIpc) is 3.11. The molecule has 4 rings (SSSR count). The Kier molecular flexibility index (Phi) is 4.39. The van der Waals surface area contributed by atoms with Crippen LogP contribution in [-0.4, -0.2) is 21.4 Å². The van der Waals surface area contributed by atoms with Gasteiger partial charge in [0.05, 0.1) is 28.9 Å². The van der Waals surface area contributed by atoms with Crippen LogP contribution in [0, 0.1) is 13.8 Å². The molecule has 0 bridgehead atoms. The molecule has 4 nitrogen and oxygen atoms in total. The summed E-state index contributed by atoms with van der Waals surface area (Å²) in [5, 5.41) is 10.00. The molecule has 1 amide bonds. The van der Waals surface area contributed by atoms with E-state index in [4.69, 9.17) is 5.10 Å². The highest BCUT2D eigenvalue weighted by atomic mass is 32.2. The molecule has 1 atom stereocenters. The van der Waals surface area contributed by atoms with Crippen LogP contribution >= 0.6 is 23.1 Å². The smallest absolute Gasteiger partial charge is 0.234 e. The highest BCUT2D eigenvalue weighted by Crippen LogP contribution is 2.46. The maximum atomic E-state index is 12.0. The van der Waals surface area contributed by atoms with Gasteiger partial charge >= 0.3 is 0 Å². The molecule has 1 aliphatic rings. The van der Waals surface area contributed by atoms with E-state index in [1.807, 2.05) is 17.5 Å². The van der Waals surface area contributed by atoms with Crippen LogP contribution in [0.15, 0.2) is 41.8 Å². The number of nitrogens with zero attached hydrogens (tertiary/aromatic N) is 2. The minimum atomic E-state index is 0.0686. The third kappa shape index (κ3) is 3.12. The first-order valence-electron chi connectivity index (χ1n) is 8.20. The molecule has 3 heterocycles. The van der Waals surface area contributed by atoms with Crippen molar-refractivity contribution in [1.29, 1.82) is 0 Å². The lowest BCUT2D eigenvalue weighted by molar-refractivity contribution is -0.113. The Morgan fingerprint density at radius 2 is 2.04 bits per heavy atom. The number of amides is 1.